The monoisotopic (exact) mass is 304 g/mol. The third-order valence-electron chi connectivity index (χ3n) is 3.77. The largest absolute Gasteiger partial charge is 0.316 e. The summed E-state index contributed by atoms with van der Waals surface area (Å²) in [6, 6.07) is 20.5. The van der Waals surface area contributed by atoms with Crippen LogP contribution in [0, 0.1) is 0 Å². The molecule has 4 rings (SSSR count). The Hall–Kier alpha value is -2.58. The fourth-order valence-corrected chi connectivity index (χ4v) is 2.88. The Labute approximate surface area is 133 Å². The molecule has 4 aromatic rings. The van der Waals surface area contributed by atoms with Crippen molar-refractivity contribution in [1.29, 1.82) is 0 Å². The number of aromatic nitrogens is 2. The Morgan fingerprint density at radius 3 is 2.64 bits per heavy atom. The Bertz CT molecular complexity index is 942. The fourth-order valence-electron chi connectivity index (χ4n) is 2.69. The van der Waals surface area contributed by atoms with Crippen LogP contribution in [-0.2, 0) is 0 Å². The van der Waals surface area contributed by atoms with Crippen LogP contribution >= 0.6 is 11.6 Å². The number of pyridine rings is 1. The van der Waals surface area contributed by atoms with E-state index < -0.39 is 0 Å². The van der Waals surface area contributed by atoms with Crippen molar-refractivity contribution in [2.45, 2.75) is 0 Å². The first-order valence-corrected chi connectivity index (χ1v) is 7.46. The van der Waals surface area contributed by atoms with E-state index in [0.29, 0.717) is 0 Å². The summed E-state index contributed by atoms with van der Waals surface area (Å²) in [6.07, 6.45) is 5.74. The van der Waals surface area contributed by atoms with Crippen LogP contribution in [0.15, 0.2) is 79.3 Å². The molecular formula is C19H13ClN2. The lowest BCUT2D eigenvalue weighted by atomic mass is 10.1. The summed E-state index contributed by atoms with van der Waals surface area (Å²) < 4.78 is 2.15. The van der Waals surface area contributed by atoms with Gasteiger partial charge in [0.15, 0.2) is 0 Å². The van der Waals surface area contributed by atoms with Gasteiger partial charge in [-0.3, -0.25) is 4.98 Å². The molecule has 0 amide bonds. The predicted molar refractivity (Wildman–Crippen MR) is 91.5 cm³/mol. The van der Waals surface area contributed by atoms with E-state index in [1.807, 2.05) is 30.5 Å². The lowest BCUT2D eigenvalue weighted by Gasteiger charge is -2.07. The van der Waals surface area contributed by atoms with Gasteiger partial charge in [0, 0.05) is 34.9 Å². The van der Waals surface area contributed by atoms with Gasteiger partial charge in [-0.25, -0.2) is 0 Å². The molecule has 2 aromatic carbocycles. The van der Waals surface area contributed by atoms with E-state index in [0.717, 1.165) is 27.4 Å². The molecule has 2 aromatic heterocycles. The summed E-state index contributed by atoms with van der Waals surface area (Å²) in [4.78, 5) is 4.20. The zero-order valence-corrected chi connectivity index (χ0v) is 12.5. The Morgan fingerprint density at radius 1 is 0.864 bits per heavy atom. The van der Waals surface area contributed by atoms with Gasteiger partial charge in [-0.05, 0) is 47.3 Å². The smallest absolute Gasteiger partial charge is 0.0534 e. The number of nitrogens with zero attached hydrogens (tertiary/aromatic N) is 2. The lowest BCUT2D eigenvalue weighted by Crippen LogP contribution is -1.91. The van der Waals surface area contributed by atoms with Crippen LogP contribution < -0.4 is 0 Å². The van der Waals surface area contributed by atoms with Gasteiger partial charge in [0.2, 0.25) is 0 Å². The van der Waals surface area contributed by atoms with E-state index in [4.69, 9.17) is 11.6 Å². The number of halogens is 1. The van der Waals surface area contributed by atoms with Gasteiger partial charge in [-0.1, -0.05) is 35.9 Å². The van der Waals surface area contributed by atoms with Gasteiger partial charge in [0.25, 0.3) is 0 Å². The molecule has 0 spiro atoms. The molecule has 0 bridgehead atoms. The van der Waals surface area contributed by atoms with Gasteiger partial charge in [0.05, 0.1) is 5.52 Å². The van der Waals surface area contributed by atoms with Crippen LogP contribution in [-0.4, -0.2) is 9.55 Å². The van der Waals surface area contributed by atoms with Crippen molar-refractivity contribution in [3.8, 4) is 16.8 Å². The fraction of sp³-hybridized carbons (Fsp3) is 0. The Kier molecular flexibility index (Phi) is 3.17. The SMILES string of the molecule is Clc1cccc(-n2ccc3ccc(-c4cccnc4)cc32)c1. The molecule has 0 aliphatic rings. The standard InChI is InChI=1S/C19H13ClN2/c20-17-4-1-5-18(12-17)22-10-8-14-6-7-15(11-19(14)22)16-3-2-9-21-13-16/h1-13H. The molecule has 0 N–H and O–H groups in total. The normalized spacial score (nSPS) is 11.0. The van der Waals surface area contributed by atoms with Gasteiger partial charge < -0.3 is 4.57 Å². The summed E-state index contributed by atoms with van der Waals surface area (Å²) in [6.45, 7) is 0. The van der Waals surface area contributed by atoms with Gasteiger partial charge in [-0.2, -0.15) is 0 Å². The second-order valence-electron chi connectivity index (χ2n) is 5.18. The highest BCUT2D eigenvalue weighted by Crippen LogP contribution is 2.27. The van der Waals surface area contributed by atoms with E-state index in [1.165, 1.54) is 5.39 Å². The quantitative estimate of drug-likeness (QED) is 0.488. The zero-order valence-electron chi connectivity index (χ0n) is 11.8. The maximum Gasteiger partial charge on any atom is 0.0534 e. The third-order valence-corrected chi connectivity index (χ3v) is 4.01. The van der Waals surface area contributed by atoms with E-state index in [9.17, 15) is 0 Å². The molecule has 0 aliphatic heterocycles. The number of fused-ring (bicyclic) bond motifs is 1. The molecule has 0 aliphatic carbocycles. The van der Waals surface area contributed by atoms with Crippen LogP contribution in [0.5, 0.6) is 0 Å². The molecule has 0 radical (unpaired) electrons. The molecule has 0 saturated heterocycles. The minimum atomic E-state index is 0.739. The Balaban J connectivity index is 1.91. The molecule has 3 heteroatoms. The minimum absolute atomic E-state index is 0.739. The minimum Gasteiger partial charge on any atom is -0.316 e. The van der Waals surface area contributed by atoms with E-state index >= 15 is 0 Å². The second-order valence-corrected chi connectivity index (χ2v) is 5.62. The molecule has 2 nitrogen and oxygen atoms in total. The maximum absolute atomic E-state index is 6.12. The first-order valence-electron chi connectivity index (χ1n) is 7.09. The van der Waals surface area contributed by atoms with E-state index in [1.54, 1.807) is 6.20 Å². The summed E-state index contributed by atoms with van der Waals surface area (Å²) >= 11 is 6.12. The van der Waals surface area contributed by atoms with Crippen molar-refractivity contribution in [3.63, 3.8) is 0 Å². The number of rotatable bonds is 2. The van der Waals surface area contributed by atoms with Crippen LogP contribution in [0.3, 0.4) is 0 Å². The first kappa shape index (κ1) is 13.1. The number of benzene rings is 2. The van der Waals surface area contributed by atoms with Crippen molar-refractivity contribution in [2.75, 3.05) is 0 Å². The van der Waals surface area contributed by atoms with Crippen molar-refractivity contribution < 1.29 is 0 Å². The first-order chi connectivity index (χ1) is 10.8. The highest BCUT2D eigenvalue weighted by Gasteiger charge is 2.06. The van der Waals surface area contributed by atoms with Crippen molar-refractivity contribution in [1.82, 2.24) is 9.55 Å². The summed E-state index contributed by atoms with van der Waals surface area (Å²) in [7, 11) is 0. The zero-order chi connectivity index (χ0) is 14.9. The summed E-state index contributed by atoms with van der Waals surface area (Å²) in [5, 5.41) is 1.94. The second kappa shape index (κ2) is 5.32. The summed E-state index contributed by atoms with van der Waals surface area (Å²) in [5.74, 6) is 0. The lowest BCUT2D eigenvalue weighted by molar-refractivity contribution is 1.13. The van der Waals surface area contributed by atoms with Crippen molar-refractivity contribution >= 4 is 22.5 Å². The average Bonchev–Trinajstić information content (AvgIpc) is 2.99. The van der Waals surface area contributed by atoms with Gasteiger partial charge in [0.1, 0.15) is 0 Å². The predicted octanol–water partition coefficient (Wildman–Crippen LogP) is 5.35. The van der Waals surface area contributed by atoms with Crippen LogP contribution in [0.2, 0.25) is 5.02 Å². The average molecular weight is 305 g/mol. The van der Waals surface area contributed by atoms with Crippen molar-refractivity contribution in [3.05, 3.63) is 84.3 Å². The number of hydrogen-bond acceptors (Lipinski definition) is 1. The van der Waals surface area contributed by atoms with Gasteiger partial charge in [-0.15, -0.1) is 0 Å². The third kappa shape index (κ3) is 2.28. The van der Waals surface area contributed by atoms with Crippen molar-refractivity contribution in [2.24, 2.45) is 0 Å². The van der Waals surface area contributed by atoms with Gasteiger partial charge >= 0.3 is 0 Å². The molecule has 106 valence electrons. The molecule has 0 unspecified atom stereocenters. The summed E-state index contributed by atoms with van der Waals surface area (Å²) in [5.41, 5.74) is 4.49. The molecule has 0 atom stereocenters. The van der Waals surface area contributed by atoms with Crippen LogP contribution in [0.4, 0.5) is 0 Å². The molecular weight excluding hydrogens is 292 g/mol. The molecule has 22 heavy (non-hydrogen) atoms. The van der Waals surface area contributed by atoms with Crippen LogP contribution in [0.1, 0.15) is 0 Å². The number of hydrogen-bond donors (Lipinski definition) is 0. The molecule has 2 heterocycles. The van der Waals surface area contributed by atoms with Crippen LogP contribution in [0.25, 0.3) is 27.7 Å². The topological polar surface area (TPSA) is 17.8 Å². The van der Waals surface area contributed by atoms with E-state index in [-0.39, 0.29) is 0 Å². The highest BCUT2D eigenvalue weighted by molar-refractivity contribution is 6.30. The molecule has 0 fully saturated rings. The van der Waals surface area contributed by atoms with E-state index in [2.05, 4.69) is 52.1 Å². The Morgan fingerprint density at radius 2 is 1.82 bits per heavy atom. The molecule has 0 saturated carbocycles. The highest BCUT2D eigenvalue weighted by atomic mass is 35.5. The maximum atomic E-state index is 6.12.